The highest BCUT2D eigenvalue weighted by Crippen LogP contribution is 2.47. The van der Waals surface area contributed by atoms with Gasteiger partial charge in [0, 0.05) is 64.1 Å². The molecule has 9 aromatic carbocycles. The second kappa shape index (κ2) is 14.2. The highest BCUT2D eigenvalue weighted by molar-refractivity contribution is 7.26. The van der Waals surface area contributed by atoms with Crippen molar-refractivity contribution in [2.24, 2.45) is 0 Å². The van der Waals surface area contributed by atoms with E-state index in [1.165, 1.54) is 52.8 Å². The normalized spacial score (nSPS) is 11.8. The van der Waals surface area contributed by atoms with Crippen molar-refractivity contribution in [3.63, 3.8) is 0 Å². The van der Waals surface area contributed by atoms with Gasteiger partial charge in [-0.15, -0.1) is 11.3 Å². The fourth-order valence-electron chi connectivity index (χ4n) is 9.63. The molecule has 6 heteroatoms. The summed E-state index contributed by atoms with van der Waals surface area (Å²) < 4.78 is 7.28. The predicted molar refractivity (Wildman–Crippen MR) is 263 cm³/mol. The summed E-state index contributed by atoms with van der Waals surface area (Å²) in [5, 5.41) is 7.28. The number of rotatable bonds is 6. The molecule has 0 aliphatic carbocycles. The van der Waals surface area contributed by atoms with Crippen LogP contribution in [0.25, 0.3) is 120 Å². The maximum atomic E-state index is 5.46. The largest absolute Gasteiger partial charge is 0.309 e. The van der Waals surface area contributed by atoms with Crippen molar-refractivity contribution >= 4 is 75.1 Å². The molecule has 0 unspecified atom stereocenters. The Labute approximate surface area is 366 Å². The minimum absolute atomic E-state index is 0.603. The van der Waals surface area contributed by atoms with Crippen LogP contribution < -0.4 is 0 Å². The molecule has 294 valence electrons. The van der Waals surface area contributed by atoms with Gasteiger partial charge in [-0.2, -0.15) is 0 Å². The van der Waals surface area contributed by atoms with Crippen LogP contribution in [0.3, 0.4) is 0 Å². The van der Waals surface area contributed by atoms with Crippen molar-refractivity contribution in [2.45, 2.75) is 0 Å². The number of fused-ring (bicyclic) bond motifs is 9. The standard InChI is InChI=1S/C57H35N5S/c1-3-18-36(19-4-1)55-58-56(37-20-5-2-6-21-37)60-57(59-55)53-44(27-17-32-51(53)62-49-30-14-9-24-41(49)42-25-10-15-31-50(42)62)46-35-38(34-45-43-26-11-16-33-52(43)63-54(45)46)61-47-28-12-7-22-39(47)40-23-8-13-29-48(40)61/h1-35H. The fourth-order valence-corrected chi connectivity index (χ4v) is 10.8. The van der Waals surface area contributed by atoms with E-state index in [1.54, 1.807) is 0 Å². The first-order chi connectivity index (χ1) is 31.3. The topological polar surface area (TPSA) is 48.5 Å². The second-order valence-corrected chi connectivity index (χ2v) is 17.0. The molecule has 0 bridgehead atoms. The summed E-state index contributed by atoms with van der Waals surface area (Å²) in [5.41, 5.74) is 11.6. The van der Waals surface area contributed by atoms with Crippen LogP contribution in [0.4, 0.5) is 0 Å². The van der Waals surface area contributed by atoms with Gasteiger partial charge in [0.25, 0.3) is 0 Å². The summed E-state index contributed by atoms with van der Waals surface area (Å²) >= 11 is 1.84. The Morgan fingerprint density at radius 3 is 1.35 bits per heavy atom. The molecule has 0 saturated carbocycles. The molecule has 5 nitrogen and oxygen atoms in total. The molecule has 0 atom stereocenters. The van der Waals surface area contributed by atoms with Crippen molar-refractivity contribution in [1.29, 1.82) is 0 Å². The fraction of sp³-hybridized carbons (Fsp3) is 0. The number of thiophene rings is 1. The zero-order valence-electron chi connectivity index (χ0n) is 33.9. The van der Waals surface area contributed by atoms with Crippen LogP contribution in [0, 0.1) is 0 Å². The van der Waals surface area contributed by atoms with Crippen LogP contribution in [0.15, 0.2) is 212 Å². The lowest BCUT2D eigenvalue weighted by Crippen LogP contribution is -2.05. The zero-order valence-corrected chi connectivity index (χ0v) is 34.7. The molecule has 0 amide bonds. The number of aromatic nitrogens is 5. The van der Waals surface area contributed by atoms with E-state index in [2.05, 4.69) is 185 Å². The molecule has 0 aliphatic rings. The zero-order chi connectivity index (χ0) is 41.4. The van der Waals surface area contributed by atoms with Gasteiger partial charge in [-0.05, 0) is 54.1 Å². The van der Waals surface area contributed by atoms with E-state index in [1.807, 2.05) is 47.7 Å². The highest BCUT2D eigenvalue weighted by atomic mass is 32.1. The first-order valence-electron chi connectivity index (χ1n) is 21.2. The van der Waals surface area contributed by atoms with Gasteiger partial charge in [-0.25, -0.2) is 15.0 Å². The third-order valence-corrected chi connectivity index (χ3v) is 13.6. The smallest absolute Gasteiger partial charge is 0.166 e. The van der Waals surface area contributed by atoms with E-state index in [9.17, 15) is 0 Å². The Hall–Kier alpha value is -8.19. The van der Waals surface area contributed by atoms with E-state index in [0.717, 1.165) is 50.2 Å². The van der Waals surface area contributed by atoms with Crippen molar-refractivity contribution < 1.29 is 0 Å². The third-order valence-electron chi connectivity index (χ3n) is 12.4. The van der Waals surface area contributed by atoms with Crippen molar-refractivity contribution in [1.82, 2.24) is 24.1 Å². The lowest BCUT2D eigenvalue weighted by Gasteiger charge is -2.19. The Morgan fingerprint density at radius 2 is 0.794 bits per heavy atom. The Morgan fingerprint density at radius 1 is 0.333 bits per heavy atom. The lowest BCUT2D eigenvalue weighted by molar-refractivity contribution is 1.06. The highest BCUT2D eigenvalue weighted by Gasteiger charge is 2.25. The van der Waals surface area contributed by atoms with Gasteiger partial charge in [0.1, 0.15) is 0 Å². The Kier molecular flexibility index (Phi) is 8.01. The molecule has 0 radical (unpaired) electrons. The number of para-hydroxylation sites is 4. The van der Waals surface area contributed by atoms with Crippen LogP contribution >= 0.6 is 11.3 Å². The predicted octanol–water partition coefficient (Wildman–Crippen LogP) is 15.1. The lowest BCUT2D eigenvalue weighted by atomic mass is 9.94. The average molecular weight is 822 g/mol. The first kappa shape index (κ1) is 35.6. The molecule has 4 heterocycles. The van der Waals surface area contributed by atoms with Gasteiger partial charge in [-0.3, -0.25) is 0 Å². The van der Waals surface area contributed by atoms with Crippen LogP contribution in [0.5, 0.6) is 0 Å². The van der Waals surface area contributed by atoms with Gasteiger partial charge >= 0.3 is 0 Å². The van der Waals surface area contributed by atoms with E-state index >= 15 is 0 Å². The summed E-state index contributed by atoms with van der Waals surface area (Å²) in [6, 6.07) is 75.6. The molecule has 0 N–H and O–H groups in total. The number of nitrogens with zero attached hydrogens (tertiary/aromatic N) is 5. The molecule has 13 rings (SSSR count). The van der Waals surface area contributed by atoms with Gasteiger partial charge < -0.3 is 9.13 Å². The van der Waals surface area contributed by atoms with Gasteiger partial charge in [0.2, 0.25) is 0 Å². The molecule has 0 aliphatic heterocycles. The van der Waals surface area contributed by atoms with Gasteiger partial charge in [0.15, 0.2) is 17.5 Å². The van der Waals surface area contributed by atoms with Crippen LogP contribution in [0.1, 0.15) is 0 Å². The maximum Gasteiger partial charge on any atom is 0.166 e. The van der Waals surface area contributed by atoms with Crippen molar-refractivity contribution in [3.05, 3.63) is 212 Å². The van der Waals surface area contributed by atoms with Crippen LogP contribution in [0.2, 0.25) is 0 Å². The molecular weight excluding hydrogens is 787 g/mol. The number of benzene rings is 9. The second-order valence-electron chi connectivity index (χ2n) is 15.9. The first-order valence-corrected chi connectivity index (χ1v) is 22.0. The molecule has 13 aromatic rings. The molecular formula is C57H35N5S. The summed E-state index contributed by atoms with van der Waals surface area (Å²) in [5.74, 6) is 1.84. The monoisotopic (exact) mass is 821 g/mol. The Balaban J connectivity index is 1.20. The average Bonchev–Trinajstić information content (AvgIpc) is 4.02. The Bertz CT molecular complexity index is 3750. The van der Waals surface area contributed by atoms with Gasteiger partial charge in [0.05, 0.1) is 33.3 Å². The number of hydrogen-bond acceptors (Lipinski definition) is 4. The quantitative estimate of drug-likeness (QED) is 0.168. The van der Waals surface area contributed by atoms with E-state index < -0.39 is 0 Å². The third kappa shape index (κ3) is 5.59. The van der Waals surface area contributed by atoms with E-state index in [4.69, 9.17) is 15.0 Å². The van der Waals surface area contributed by atoms with E-state index in [-0.39, 0.29) is 0 Å². The summed E-state index contributed by atoms with van der Waals surface area (Å²) in [4.78, 5) is 16.1. The molecule has 0 saturated heterocycles. The minimum Gasteiger partial charge on any atom is -0.309 e. The molecule has 63 heavy (non-hydrogen) atoms. The molecule has 0 fully saturated rings. The van der Waals surface area contributed by atoms with Crippen molar-refractivity contribution in [2.75, 3.05) is 0 Å². The maximum absolute atomic E-state index is 5.46. The SMILES string of the molecule is c1ccc(-c2nc(-c3ccccc3)nc(-c3c(-c4cc(-n5c6ccccc6c6ccccc65)cc5c4sc4ccccc45)cccc3-n3c4ccccc4c4ccccc43)n2)cc1. The molecule has 4 aromatic heterocycles. The molecule has 0 spiro atoms. The van der Waals surface area contributed by atoms with Gasteiger partial charge in [-0.1, -0.05) is 164 Å². The van der Waals surface area contributed by atoms with Crippen molar-refractivity contribution in [3.8, 4) is 56.7 Å². The summed E-state index contributed by atoms with van der Waals surface area (Å²) in [6.45, 7) is 0. The van der Waals surface area contributed by atoms with Crippen LogP contribution in [-0.4, -0.2) is 24.1 Å². The van der Waals surface area contributed by atoms with E-state index in [0.29, 0.717) is 17.5 Å². The summed E-state index contributed by atoms with van der Waals surface area (Å²) in [7, 11) is 0. The number of hydrogen-bond donors (Lipinski definition) is 0. The summed E-state index contributed by atoms with van der Waals surface area (Å²) in [6.07, 6.45) is 0. The van der Waals surface area contributed by atoms with Crippen LogP contribution in [-0.2, 0) is 0 Å². The minimum atomic E-state index is 0.603.